The van der Waals surface area contributed by atoms with Crippen molar-refractivity contribution in [3.05, 3.63) is 42.2 Å². The highest BCUT2D eigenvalue weighted by Gasteiger charge is 2.48. The zero-order valence-electron chi connectivity index (χ0n) is 12.8. The molecule has 1 aromatic heterocycles. The molecule has 4 nitrogen and oxygen atoms in total. The first kappa shape index (κ1) is 12.6. The zero-order valence-corrected chi connectivity index (χ0v) is 12.8. The molecule has 2 saturated heterocycles. The van der Waals surface area contributed by atoms with E-state index in [1.165, 1.54) is 29.9 Å². The summed E-state index contributed by atoms with van der Waals surface area (Å²) in [4.78, 5) is 0. The molecule has 0 aliphatic carbocycles. The number of piperidine rings is 1. The number of aromatic nitrogens is 1. The molecule has 0 radical (unpaired) electrons. The molecule has 4 heteroatoms. The Morgan fingerprint density at radius 1 is 1.18 bits per heavy atom. The maximum atomic E-state index is 5.42. The Bertz CT molecular complexity index is 724. The molecule has 0 amide bonds. The highest BCUT2D eigenvalue weighted by atomic mass is 16.5. The van der Waals surface area contributed by atoms with Crippen LogP contribution in [-0.2, 0) is 5.54 Å². The first-order valence-electron chi connectivity index (χ1n) is 8.18. The normalized spacial score (nSPS) is 31.5. The van der Waals surface area contributed by atoms with Crippen LogP contribution in [0.25, 0.3) is 5.69 Å². The van der Waals surface area contributed by atoms with Crippen molar-refractivity contribution in [1.29, 1.82) is 0 Å². The molecule has 3 aliphatic rings. The quantitative estimate of drug-likeness (QED) is 0.849. The van der Waals surface area contributed by atoms with Gasteiger partial charge in [-0.2, -0.15) is 0 Å². The molecule has 2 N–H and O–H groups in total. The molecule has 0 saturated carbocycles. The number of rotatable bonds is 1. The lowest BCUT2D eigenvalue weighted by atomic mass is 9.79. The molecule has 2 unspecified atom stereocenters. The van der Waals surface area contributed by atoms with E-state index in [4.69, 9.17) is 4.74 Å². The van der Waals surface area contributed by atoms with E-state index in [1.807, 2.05) is 6.07 Å². The SMILES string of the molecule is COc1ccc2c(c1)NC1(CC3CCC(C1)N3)c1cccn1-2. The van der Waals surface area contributed by atoms with Crippen LogP contribution in [0.15, 0.2) is 36.5 Å². The van der Waals surface area contributed by atoms with Gasteiger partial charge in [0.05, 0.1) is 24.0 Å². The fourth-order valence-electron chi connectivity index (χ4n) is 4.72. The molecule has 2 bridgehead atoms. The average molecular weight is 295 g/mol. The molecule has 1 spiro atoms. The third-order valence-corrected chi connectivity index (χ3v) is 5.60. The zero-order chi connectivity index (χ0) is 14.7. The van der Waals surface area contributed by atoms with Crippen molar-refractivity contribution in [1.82, 2.24) is 9.88 Å². The van der Waals surface area contributed by atoms with Crippen LogP contribution in [0, 0.1) is 0 Å². The van der Waals surface area contributed by atoms with Crippen molar-refractivity contribution in [2.75, 3.05) is 12.4 Å². The van der Waals surface area contributed by atoms with E-state index in [2.05, 4.69) is 45.7 Å². The Kier molecular flexibility index (Phi) is 2.46. The average Bonchev–Trinajstić information content (AvgIpc) is 3.15. The number of benzene rings is 1. The Balaban J connectivity index is 1.67. The smallest absolute Gasteiger partial charge is 0.121 e. The van der Waals surface area contributed by atoms with Crippen molar-refractivity contribution < 1.29 is 4.74 Å². The summed E-state index contributed by atoms with van der Waals surface area (Å²) in [5.74, 6) is 0.911. The van der Waals surface area contributed by atoms with Crippen LogP contribution in [0.1, 0.15) is 31.4 Å². The van der Waals surface area contributed by atoms with Gasteiger partial charge in [-0.3, -0.25) is 0 Å². The topological polar surface area (TPSA) is 38.2 Å². The summed E-state index contributed by atoms with van der Waals surface area (Å²) in [5, 5.41) is 7.65. The van der Waals surface area contributed by atoms with Crippen LogP contribution >= 0.6 is 0 Å². The van der Waals surface area contributed by atoms with Crippen LogP contribution in [0.4, 0.5) is 5.69 Å². The highest BCUT2D eigenvalue weighted by molar-refractivity contribution is 5.69. The minimum absolute atomic E-state index is 0.0555. The predicted molar refractivity (Wildman–Crippen MR) is 86.8 cm³/mol. The maximum absolute atomic E-state index is 5.42. The lowest BCUT2D eigenvalue weighted by Gasteiger charge is -2.46. The second kappa shape index (κ2) is 4.29. The Labute approximate surface area is 130 Å². The standard InChI is InChI=1S/C18H21N3O/c1-22-14-6-7-16-15(9-14)20-18(17-3-2-8-21(16)17)10-12-4-5-13(11-18)19-12/h2-3,6-9,12-13,19-20H,4-5,10-11H2,1H3. The van der Waals surface area contributed by atoms with Gasteiger partial charge < -0.3 is 19.9 Å². The van der Waals surface area contributed by atoms with Crippen molar-refractivity contribution >= 4 is 5.69 Å². The van der Waals surface area contributed by atoms with Gasteiger partial charge in [0.2, 0.25) is 0 Å². The molecule has 3 aliphatic heterocycles. The number of nitrogens with one attached hydrogen (secondary N) is 2. The van der Waals surface area contributed by atoms with Crippen LogP contribution in [0.5, 0.6) is 5.75 Å². The van der Waals surface area contributed by atoms with E-state index in [0.717, 1.165) is 18.6 Å². The van der Waals surface area contributed by atoms with E-state index < -0.39 is 0 Å². The van der Waals surface area contributed by atoms with Crippen molar-refractivity contribution in [2.24, 2.45) is 0 Å². The molecule has 2 fully saturated rings. The van der Waals surface area contributed by atoms with E-state index in [0.29, 0.717) is 12.1 Å². The maximum Gasteiger partial charge on any atom is 0.121 e. The summed E-state index contributed by atoms with van der Waals surface area (Å²) in [5.41, 5.74) is 3.87. The lowest BCUT2D eigenvalue weighted by Crippen LogP contribution is -2.52. The Hall–Kier alpha value is -1.94. The molecular weight excluding hydrogens is 274 g/mol. The van der Waals surface area contributed by atoms with Gasteiger partial charge in [0.25, 0.3) is 0 Å². The van der Waals surface area contributed by atoms with Crippen molar-refractivity contribution in [2.45, 2.75) is 43.3 Å². The minimum atomic E-state index is 0.0555. The van der Waals surface area contributed by atoms with Crippen LogP contribution in [0.2, 0.25) is 0 Å². The number of anilines is 1. The van der Waals surface area contributed by atoms with E-state index in [9.17, 15) is 0 Å². The number of nitrogens with zero attached hydrogens (tertiary/aromatic N) is 1. The molecule has 5 rings (SSSR count). The van der Waals surface area contributed by atoms with E-state index in [1.54, 1.807) is 7.11 Å². The third kappa shape index (κ3) is 1.61. The molecule has 22 heavy (non-hydrogen) atoms. The molecular formula is C18H21N3O. The van der Waals surface area contributed by atoms with Gasteiger partial charge in [0.15, 0.2) is 0 Å². The van der Waals surface area contributed by atoms with E-state index >= 15 is 0 Å². The molecule has 2 aromatic rings. The van der Waals surface area contributed by atoms with Crippen molar-refractivity contribution in [3.63, 3.8) is 0 Å². The number of methoxy groups -OCH3 is 1. The molecule has 4 heterocycles. The lowest BCUT2D eigenvalue weighted by molar-refractivity contribution is 0.266. The minimum Gasteiger partial charge on any atom is -0.497 e. The van der Waals surface area contributed by atoms with Gasteiger partial charge in [-0.15, -0.1) is 0 Å². The monoisotopic (exact) mass is 295 g/mol. The molecule has 2 atom stereocenters. The second-order valence-corrected chi connectivity index (χ2v) is 6.90. The largest absolute Gasteiger partial charge is 0.497 e. The Morgan fingerprint density at radius 2 is 2.00 bits per heavy atom. The van der Waals surface area contributed by atoms with Gasteiger partial charge in [-0.05, 0) is 49.9 Å². The van der Waals surface area contributed by atoms with Crippen molar-refractivity contribution in [3.8, 4) is 11.4 Å². The summed E-state index contributed by atoms with van der Waals surface area (Å²) in [6.45, 7) is 0. The third-order valence-electron chi connectivity index (χ3n) is 5.60. The highest BCUT2D eigenvalue weighted by Crippen LogP contribution is 2.48. The molecule has 1 aromatic carbocycles. The molecule has 114 valence electrons. The van der Waals surface area contributed by atoms with Gasteiger partial charge in [-0.1, -0.05) is 0 Å². The first-order chi connectivity index (χ1) is 10.8. The van der Waals surface area contributed by atoms with E-state index in [-0.39, 0.29) is 5.54 Å². The van der Waals surface area contributed by atoms with Crippen LogP contribution in [0.3, 0.4) is 0 Å². The Morgan fingerprint density at radius 3 is 2.77 bits per heavy atom. The number of ether oxygens (including phenoxy) is 1. The first-order valence-corrected chi connectivity index (χ1v) is 8.18. The fraction of sp³-hybridized carbons (Fsp3) is 0.444. The predicted octanol–water partition coefficient (Wildman–Crippen LogP) is 3.02. The second-order valence-electron chi connectivity index (χ2n) is 6.90. The van der Waals surface area contributed by atoms with Gasteiger partial charge in [0.1, 0.15) is 5.75 Å². The van der Waals surface area contributed by atoms with Gasteiger partial charge >= 0.3 is 0 Å². The van der Waals surface area contributed by atoms with Crippen LogP contribution < -0.4 is 15.4 Å². The summed E-state index contributed by atoms with van der Waals surface area (Å²) in [7, 11) is 1.73. The summed E-state index contributed by atoms with van der Waals surface area (Å²) in [6.07, 6.45) is 7.11. The van der Waals surface area contributed by atoms with Gasteiger partial charge in [-0.25, -0.2) is 0 Å². The van der Waals surface area contributed by atoms with Gasteiger partial charge in [0, 0.05) is 30.0 Å². The summed E-state index contributed by atoms with van der Waals surface area (Å²) >= 11 is 0. The number of hydrogen-bond acceptors (Lipinski definition) is 3. The summed E-state index contributed by atoms with van der Waals surface area (Å²) < 4.78 is 7.78. The summed E-state index contributed by atoms with van der Waals surface area (Å²) in [6, 6.07) is 12.0. The number of fused-ring (bicyclic) bond motifs is 6. The van der Waals surface area contributed by atoms with Crippen LogP contribution in [-0.4, -0.2) is 23.8 Å². The number of hydrogen-bond donors (Lipinski definition) is 2. The fourth-order valence-corrected chi connectivity index (χ4v) is 4.72.